The fourth-order valence-corrected chi connectivity index (χ4v) is 4.98. The summed E-state index contributed by atoms with van der Waals surface area (Å²) in [5, 5.41) is 17.7. The van der Waals surface area contributed by atoms with Crippen molar-refractivity contribution in [1.29, 1.82) is 0 Å². The third kappa shape index (κ3) is 4.71. The maximum atomic E-state index is 10.9. The van der Waals surface area contributed by atoms with Crippen molar-refractivity contribution in [3.63, 3.8) is 0 Å². The number of aromatic nitrogens is 3. The van der Waals surface area contributed by atoms with Crippen LogP contribution in [0.25, 0.3) is 0 Å². The second kappa shape index (κ2) is 9.91. The molecule has 5 rings (SSSR count). The van der Waals surface area contributed by atoms with Crippen LogP contribution in [-0.4, -0.2) is 32.7 Å². The van der Waals surface area contributed by atoms with Gasteiger partial charge in [0.15, 0.2) is 6.61 Å². The molecule has 1 heterocycles. The minimum atomic E-state index is -0.962. The molecule has 1 unspecified atom stereocenters. The van der Waals surface area contributed by atoms with Gasteiger partial charge < -0.3 is 9.84 Å². The van der Waals surface area contributed by atoms with Crippen LogP contribution in [0.3, 0.4) is 0 Å². The normalized spacial score (nSPS) is 15.1. The molecule has 6 heteroatoms. The molecule has 0 spiro atoms. The number of fused-ring (bicyclic) bond motifs is 1. The summed E-state index contributed by atoms with van der Waals surface area (Å²) in [5.74, 6) is 0.198. The standard InChI is InChI=1S/C28H27N3O3/c32-27(33)19-34-26-13-7-12-23-16-20(14-15-24(23)26)18-31-25(17-29-30-31)28(21-8-3-1-4-9-21)22-10-5-2-6-11-22/h1-13,17,20,28H,14-16,18-19H2,(H,32,33). The Morgan fingerprint density at radius 1 is 1.00 bits per heavy atom. The highest BCUT2D eigenvalue weighted by molar-refractivity contribution is 5.68. The Kier molecular flexibility index (Phi) is 6.38. The van der Waals surface area contributed by atoms with E-state index in [1.54, 1.807) is 0 Å². The van der Waals surface area contributed by atoms with Crippen LogP contribution in [0.2, 0.25) is 0 Å². The van der Waals surface area contributed by atoms with Crippen LogP contribution in [0.1, 0.15) is 40.3 Å². The molecule has 1 atom stereocenters. The Morgan fingerprint density at radius 3 is 2.38 bits per heavy atom. The van der Waals surface area contributed by atoms with E-state index in [1.165, 1.54) is 16.7 Å². The third-order valence-electron chi connectivity index (χ3n) is 6.53. The number of hydrogen-bond donors (Lipinski definition) is 1. The lowest BCUT2D eigenvalue weighted by Crippen LogP contribution is -2.23. The summed E-state index contributed by atoms with van der Waals surface area (Å²) >= 11 is 0. The summed E-state index contributed by atoms with van der Waals surface area (Å²) < 4.78 is 7.59. The molecular weight excluding hydrogens is 426 g/mol. The summed E-state index contributed by atoms with van der Waals surface area (Å²) in [7, 11) is 0. The van der Waals surface area contributed by atoms with E-state index in [4.69, 9.17) is 9.84 Å². The van der Waals surface area contributed by atoms with Crippen molar-refractivity contribution in [2.24, 2.45) is 5.92 Å². The number of hydrogen-bond acceptors (Lipinski definition) is 4. The summed E-state index contributed by atoms with van der Waals surface area (Å²) in [4.78, 5) is 10.9. The number of nitrogens with zero attached hydrogens (tertiary/aromatic N) is 3. The van der Waals surface area contributed by atoms with Crippen LogP contribution >= 0.6 is 0 Å². The molecular formula is C28H27N3O3. The van der Waals surface area contributed by atoms with E-state index in [0.29, 0.717) is 11.7 Å². The molecule has 0 saturated heterocycles. The van der Waals surface area contributed by atoms with Crippen LogP contribution in [0.5, 0.6) is 5.75 Å². The Bertz CT molecular complexity index is 1210. The highest BCUT2D eigenvalue weighted by Crippen LogP contribution is 2.35. The predicted molar refractivity (Wildman–Crippen MR) is 129 cm³/mol. The topological polar surface area (TPSA) is 77.2 Å². The van der Waals surface area contributed by atoms with Crippen LogP contribution in [-0.2, 0) is 24.2 Å². The van der Waals surface area contributed by atoms with Crippen molar-refractivity contribution in [2.45, 2.75) is 31.7 Å². The van der Waals surface area contributed by atoms with E-state index >= 15 is 0 Å². The zero-order valence-corrected chi connectivity index (χ0v) is 18.9. The van der Waals surface area contributed by atoms with Gasteiger partial charge in [0.1, 0.15) is 5.75 Å². The Morgan fingerprint density at radius 2 is 1.71 bits per heavy atom. The van der Waals surface area contributed by atoms with E-state index in [1.807, 2.05) is 30.5 Å². The van der Waals surface area contributed by atoms with Crippen molar-refractivity contribution in [1.82, 2.24) is 15.0 Å². The SMILES string of the molecule is O=C(O)COc1cccc2c1CCC(Cn1nncc1C(c1ccccc1)c1ccccc1)C2. The minimum Gasteiger partial charge on any atom is -0.482 e. The van der Waals surface area contributed by atoms with Gasteiger partial charge in [-0.25, -0.2) is 9.48 Å². The van der Waals surface area contributed by atoms with Crippen LogP contribution in [0.4, 0.5) is 0 Å². The highest BCUT2D eigenvalue weighted by atomic mass is 16.5. The van der Waals surface area contributed by atoms with Gasteiger partial charge >= 0.3 is 5.97 Å². The maximum absolute atomic E-state index is 10.9. The first kappa shape index (κ1) is 21.9. The highest BCUT2D eigenvalue weighted by Gasteiger charge is 2.26. The minimum absolute atomic E-state index is 0.0595. The number of ether oxygens (including phenoxy) is 1. The molecule has 1 aliphatic rings. The fourth-order valence-electron chi connectivity index (χ4n) is 4.98. The number of carbonyl (C=O) groups is 1. The quantitative estimate of drug-likeness (QED) is 0.417. The molecule has 1 aliphatic carbocycles. The van der Waals surface area contributed by atoms with Gasteiger partial charge in [-0.2, -0.15) is 0 Å². The van der Waals surface area contributed by atoms with Gasteiger partial charge in [-0.1, -0.05) is 78.0 Å². The second-order valence-electron chi connectivity index (χ2n) is 8.78. The number of carboxylic acids is 1. The van der Waals surface area contributed by atoms with Gasteiger partial charge in [-0.3, -0.25) is 0 Å². The average Bonchev–Trinajstić information content (AvgIpc) is 3.31. The van der Waals surface area contributed by atoms with E-state index in [2.05, 4.69) is 69.6 Å². The largest absolute Gasteiger partial charge is 0.482 e. The van der Waals surface area contributed by atoms with Crippen molar-refractivity contribution in [3.8, 4) is 5.75 Å². The molecule has 1 aromatic heterocycles. The predicted octanol–water partition coefficient (Wildman–Crippen LogP) is 4.73. The number of benzene rings is 3. The lowest BCUT2D eigenvalue weighted by molar-refractivity contribution is -0.139. The number of carboxylic acid groups (broad SMARTS) is 1. The Hall–Kier alpha value is -3.93. The molecule has 34 heavy (non-hydrogen) atoms. The van der Waals surface area contributed by atoms with Gasteiger partial charge in [0, 0.05) is 6.54 Å². The van der Waals surface area contributed by atoms with E-state index in [-0.39, 0.29) is 12.5 Å². The summed E-state index contributed by atoms with van der Waals surface area (Å²) in [6.45, 7) is 0.466. The molecule has 3 aromatic carbocycles. The smallest absolute Gasteiger partial charge is 0.341 e. The number of rotatable bonds is 8. The first-order valence-electron chi connectivity index (χ1n) is 11.6. The summed E-state index contributed by atoms with van der Waals surface area (Å²) in [6.07, 6.45) is 4.64. The molecule has 172 valence electrons. The molecule has 0 radical (unpaired) electrons. The first-order chi connectivity index (χ1) is 16.7. The fraction of sp³-hybridized carbons (Fsp3) is 0.250. The summed E-state index contributed by atoms with van der Waals surface area (Å²) in [6, 6.07) is 26.9. The third-order valence-corrected chi connectivity index (χ3v) is 6.53. The molecule has 0 saturated carbocycles. The van der Waals surface area contributed by atoms with Gasteiger partial charge in [-0.15, -0.1) is 5.10 Å². The Balaban J connectivity index is 1.39. The average molecular weight is 454 g/mol. The molecule has 6 nitrogen and oxygen atoms in total. The van der Waals surface area contributed by atoms with Crippen LogP contribution in [0, 0.1) is 5.92 Å². The zero-order chi connectivity index (χ0) is 23.3. The first-order valence-corrected chi connectivity index (χ1v) is 11.6. The van der Waals surface area contributed by atoms with E-state index in [9.17, 15) is 4.79 Å². The molecule has 0 amide bonds. The summed E-state index contributed by atoms with van der Waals surface area (Å²) in [5.41, 5.74) is 5.87. The molecule has 1 N–H and O–H groups in total. The van der Waals surface area contributed by atoms with Crippen LogP contribution < -0.4 is 4.74 Å². The molecule has 4 aromatic rings. The lowest BCUT2D eigenvalue weighted by Gasteiger charge is -2.27. The van der Waals surface area contributed by atoms with Crippen LogP contribution in [0.15, 0.2) is 85.1 Å². The monoisotopic (exact) mass is 453 g/mol. The molecule has 0 fully saturated rings. The lowest BCUT2D eigenvalue weighted by atomic mass is 9.83. The maximum Gasteiger partial charge on any atom is 0.341 e. The van der Waals surface area contributed by atoms with Crippen molar-refractivity contribution < 1.29 is 14.6 Å². The van der Waals surface area contributed by atoms with Crippen molar-refractivity contribution in [3.05, 3.63) is 113 Å². The molecule has 0 bridgehead atoms. The zero-order valence-electron chi connectivity index (χ0n) is 18.9. The second-order valence-corrected chi connectivity index (χ2v) is 8.78. The van der Waals surface area contributed by atoms with Crippen molar-refractivity contribution in [2.75, 3.05) is 6.61 Å². The molecule has 0 aliphatic heterocycles. The number of aliphatic carboxylic acids is 1. The Labute approximate surface area is 198 Å². The van der Waals surface area contributed by atoms with E-state index < -0.39 is 5.97 Å². The van der Waals surface area contributed by atoms with Gasteiger partial charge in [0.2, 0.25) is 0 Å². The van der Waals surface area contributed by atoms with Gasteiger partial charge in [0.05, 0.1) is 17.8 Å². The van der Waals surface area contributed by atoms with Gasteiger partial charge in [-0.05, 0) is 53.5 Å². The van der Waals surface area contributed by atoms with Gasteiger partial charge in [0.25, 0.3) is 0 Å². The van der Waals surface area contributed by atoms with E-state index in [0.717, 1.165) is 37.1 Å². The van der Waals surface area contributed by atoms with Crippen molar-refractivity contribution >= 4 is 5.97 Å².